The summed E-state index contributed by atoms with van der Waals surface area (Å²) in [5.74, 6) is 0. The van der Waals surface area contributed by atoms with E-state index < -0.39 is 0 Å². The maximum Gasteiger partial charge on any atom is 0.0713 e. The van der Waals surface area contributed by atoms with Gasteiger partial charge in [-0.3, -0.25) is 5.10 Å². The molecule has 2 rings (SSSR count). The van der Waals surface area contributed by atoms with Crippen LogP contribution in [0.5, 0.6) is 0 Å². The van der Waals surface area contributed by atoms with Crippen LogP contribution in [0.4, 0.5) is 0 Å². The zero-order chi connectivity index (χ0) is 11.5. The van der Waals surface area contributed by atoms with Crippen molar-refractivity contribution >= 4 is 0 Å². The zero-order valence-electron chi connectivity index (χ0n) is 9.75. The molecule has 84 valence electrons. The van der Waals surface area contributed by atoms with Crippen molar-refractivity contribution in [3.8, 4) is 0 Å². The highest BCUT2D eigenvalue weighted by Crippen LogP contribution is 2.16. The summed E-state index contributed by atoms with van der Waals surface area (Å²) in [6.07, 6.45) is 0.851. The summed E-state index contributed by atoms with van der Waals surface area (Å²) in [4.78, 5) is 0. The predicted molar refractivity (Wildman–Crippen MR) is 65.2 cm³/mol. The van der Waals surface area contributed by atoms with Gasteiger partial charge in [0, 0.05) is 24.2 Å². The maximum atomic E-state index is 5.73. The Kier molecular flexibility index (Phi) is 3.06. The largest absolute Gasteiger partial charge is 0.326 e. The molecule has 0 aliphatic heterocycles. The fraction of sp³-hybridized carbons (Fsp3) is 0.308. The van der Waals surface area contributed by atoms with Crippen LogP contribution in [-0.2, 0) is 13.0 Å². The molecular weight excluding hydrogens is 198 g/mol. The molecule has 16 heavy (non-hydrogen) atoms. The van der Waals surface area contributed by atoms with Crippen LogP contribution >= 0.6 is 0 Å². The van der Waals surface area contributed by atoms with Crippen LogP contribution in [-0.4, -0.2) is 10.2 Å². The van der Waals surface area contributed by atoms with E-state index in [2.05, 4.69) is 41.4 Å². The summed E-state index contributed by atoms with van der Waals surface area (Å²) in [5, 5.41) is 7.32. The number of nitrogens with zero attached hydrogens (tertiary/aromatic N) is 1. The van der Waals surface area contributed by atoms with E-state index in [-0.39, 0.29) is 0 Å². The van der Waals surface area contributed by atoms with Gasteiger partial charge in [0.05, 0.1) is 5.69 Å². The average molecular weight is 215 g/mol. The van der Waals surface area contributed by atoms with Gasteiger partial charge in [-0.2, -0.15) is 5.10 Å². The molecular formula is C13H17N3. The molecule has 0 unspecified atom stereocenters. The topological polar surface area (TPSA) is 54.7 Å². The summed E-state index contributed by atoms with van der Waals surface area (Å²) < 4.78 is 0. The van der Waals surface area contributed by atoms with Crippen LogP contribution in [0.1, 0.15) is 28.1 Å². The van der Waals surface area contributed by atoms with Crippen LogP contribution in [0.15, 0.2) is 24.3 Å². The molecule has 0 aliphatic rings. The van der Waals surface area contributed by atoms with E-state index in [4.69, 9.17) is 5.73 Å². The number of hydrogen-bond acceptors (Lipinski definition) is 2. The van der Waals surface area contributed by atoms with E-state index in [1.165, 1.54) is 11.1 Å². The van der Waals surface area contributed by atoms with Crippen molar-refractivity contribution in [1.82, 2.24) is 10.2 Å². The molecule has 0 radical (unpaired) electrons. The van der Waals surface area contributed by atoms with Gasteiger partial charge in [-0.1, -0.05) is 24.3 Å². The fourth-order valence-corrected chi connectivity index (χ4v) is 1.91. The highest BCUT2D eigenvalue weighted by atomic mass is 15.1. The highest BCUT2D eigenvalue weighted by molar-refractivity contribution is 5.33. The van der Waals surface area contributed by atoms with Crippen molar-refractivity contribution in [2.24, 2.45) is 5.73 Å². The van der Waals surface area contributed by atoms with Gasteiger partial charge < -0.3 is 5.73 Å². The number of hydrogen-bond donors (Lipinski definition) is 2. The number of aromatic amines is 1. The standard InChI is InChI=1S/C13H17N3/c1-9-5-3-4-6-11(9)7-13-12(8-14)10(2)15-16-13/h3-6H,7-8,14H2,1-2H3,(H,15,16). The Morgan fingerprint density at radius 1 is 1.25 bits per heavy atom. The summed E-state index contributed by atoms with van der Waals surface area (Å²) >= 11 is 0. The number of benzene rings is 1. The molecule has 3 heteroatoms. The van der Waals surface area contributed by atoms with E-state index in [1.807, 2.05) is 6.92 Å². The molecule has 3 N–H and O–H groups in total. The smallest absolute Gasteiger partial charge is 0.0713 e. The number of aryl methyl sites for hydroxylation is 2. The zero-order valence-corrected chi connectivity index (χ0v) is 9.75. The molecule has 0 bridgehead atoms. The van der Waals surface area contributed by atoms with Gasteiger partial charge in [0.25, 0.3) is 0 Å². The lowest BCUT2D eigenvalue weighted by Crippen LogP contribution is -2.02. The van der Waals surface area contributed by atoms with Gasteiger partial charge in [-0.05, 0) is 25.0 Å². The summed E-state index contributed by atoms with van der Waals surface area (Å²) in [5.41, 5.74) is 11.6. The minimum Gasteiger partial charge on any atom is -0.326 e. The number of nitrogens with one attached hydrogen (secondary N) is 1. The van der Waals surface area contributed by atoms with Crippen LogP contribution in [0.2, 0.25) is 0 Å². The van der Waals surface area contributed by atoms with Gasteiger partial charge in [-0.15, -0.1) is 0 Å². The second-order valence-corrected chi connectivity index (χ2v) is 4.08. The molecule has 0 aliphatic carbocycles. The second kappa shape index (κ2) is 4.49. The quantitative estimate of drug-likeness (QED) is 0.823. The lowest BCUT2D eigenvalue weighted by molar-refractivity contribution is 0.963. The van der Waals surface area contributed by atoms with Gasteiger partial charge in [0.2, 0.25) is 0 Å². The third kappa shape index (κ3) is 1.99. The monoisotopic (exact) mass is 215 g/mol. The van der Waals surface area contributed by atoms with E-state index in [0.29, 0.717) is 6.54 Å². The fourth-order valence-electron chi connectivity index (χ4n) is 1.91. The van der Waals surface area contributed by atoms with Crippen molar-refractivity contribution in [2.75, 3.05) is 0 Å². The van der Waals surface area contributed by atoms with Gasteiger partial charge in [0.15, 0.2) is 0 Å². The normalized spacial score (nSPS) is 10.7. The van der Waals surface area contributed by atoms with Crippen molar-refractivity contribution in [3.05, 3.63) is 52.3 Å². The molecule has 0 spiro atoms. The molecule has 1 aromatic carbocycles. The average Bonchev–Trinajstić information content (AvgIpc) is 2.63. The van der Waals surface area contributed by atoms with Crippen molar-refractivity contribution in [2.45, 2.75) is 26.8 Å². The molecule has 1 heterocycles. The Hall–Kier alpha value is -1.61. The Morgan fingerprint density at radius 3 is 2.69 bits per heavy atom. The first-order valence-electron chi connectivity index (χ1n) is 5.49. The third-order valence-corrected chi connectivity index (χ3v) is 2.98. The van der Waals surface area contributed by atoms with Crippen LogP contribution in [0.25, 0.3) is 0 Å². The SMILES string of the molecule is Cc1ccccc1Cc1n[nH]c(C)c1CN. The van der Waals surface area contributed by atoms with Crippen molar-refractivity contribution in [3.63, 3.8) is 0 Å². The predicted octanol–water partition coefficient (Wildman–Crippen LogP) is 2.08. The lowest BCUT2D eigenvalue weighted by atomic mass is 10.0. The third-order valence-electron chi connectivity index (χ3n) is 2.98. The molecule has 0 amide bonds. The molecule has 0 saturated carbocycles. The first-order chi connectivity index (χ1) is 7.72. The molecule has 1 aromatic heterocycles. The van der Waals surface area contributed by atoms with Gasteiger partial charge >= 0.3 is 0 Å². The summed E-state index contributed by atoms with van der Waals surface area (Å²) in [7, 11) is 0. The van der Waals surface area contributed by atoms with E-state index in [1.54, 1.807) is 0 Å². The van der Waals surface area contributed by atoms with Crippen LogP contribution in [0.3, 0.4) is 0 Å². The highest BCUT2D eigenvalue weighted by Gasteiger charge is 2.09. The Bertz CT molecular complexity index is 486. The maximum absolute atomic E-state index is 5.73. The molecule has 0 saturated heterocycles. The lowest BCUT2D eigenvalue weighted by Gasteiger charge is -2.04. The van der Waals surface area contributed by atoms with E-state index >= 15 is 0 Å². The van der Waals surface area contributed by atoms with Crippen LogP contribution < -0.4 is 5.73 Å². The molecule has 0 fully saturated rings. The Balaban J connectivity index is 2.31. The Labute approximate surface area is 95.7 Å². The Morgan fingerprint density at radius 2 is 2.00 bits per heavy atom. The van der Waals surface area contributed by atoms with Crippen molar-refractivity contribution in [1.29, 1.82) is 0 Å². The molecule has 2 aromatic rings. The van der Waals surface area contributed by atoms with Gasteiger partial charge in [-0.25, -0.2) is 0 Å². The van der Waals surface area contributed by atoms with E-state index in [9.17, 15) is 0 Å². The van der Waals surface area contributed by atoms with Crippen molar-refractivity contribution < 1.29 is 0 Å². The molecule has 0 atom stereocenters. The summed E-state index contributed by atoms with van der Waals surface area (Å²) in [6, 6.07) is 8.37. The first kappa shape index (κ1) is 10.9. The van der Waals surface area contributed by atoms with Crippen LogP contribution in [0, 0.1) is 13.8 Å². The van der Waals surface area contributed by atoms with E-state index in [0.717, 1.165) is 23.4 Å². The number of H-pyrrole nitrogens is 1. The number of nitrogens with two attached hydrogens (primary N) is 1. The summed E-state index contributed by atoms with van der Waals surface area (Å²) in [6.45, 7) is 4.68. The number of rotatable bonds is 3. The minimum atomic E-state index is 0.545. The molecule has 3 nitrogen and oxygen atoms in total. The second-order valence-electron chi connectivity index (χ2n) is 4.08. The first-order valence-corrected chi connectivity index (χ1v) is 5.49. The van der Waals surface area contributed by atoms with Gasteiger partial charge in [0.1, 0.15) is 0 Å². The number of aromatic nitrogens is 2. The minimum absolute atomic E-state index is 0.545.